The first-order valence-corrected chi connectivity index (χ1v) is 6.56. The van der Waals surface area contributed by atoms with Crippen LogP contribution >= 0.6 is 0 Å². The first kappa shape index (κ1) is 14.9. The van der Waals surface area contributed by atoms with E-state index < -0.39 is 12.6 Å². The van der Waals surface area contributed by atoms with Crippen molar-refractivity contribution in [3.63, 3.8) is 0 Å². The molecule has 0 saturated heterocycles. The van der Waals surface area contributed by atoms with Crippen LogP contribution in [0.3, 0.4) is 0 Å². The van der Waals surface area contributed by atoms with Crippen LogP contribution < -0.4 is 0 Å². The van der Waals surface area contributed by atoms with Gasteiger partial charge in [-0.1, -0.05) is 19.3 Å². The third-order valence-corrected chi connectivity index (χ3v) is 3.44. The second-order valence-electron chi connectivity index (χ2n) is 4.87. The smallest absolute Gasteiger partial charge is 0.152 e. The Labute approximate surface area is 103 Å². The average molecular weight is 247 g/mol. The van der Waals surface area contributed by atoms with Gasteiger partial charge in [0.05, 0.1) is 0 Å². The maximum absolute atomic E-state index is 8.91. The Balaban J connectivity index is 2.38. The van der Waals surface area contributed by atoms with Gasteiger partial charge >= 0.3 is 0 Å². The fourth-order valence-corrected chi connectivity index (χ4v) is 2.49. The number of aliphatic hydroxyl groups is 4. The highest BCUT2D eigenvalue weighted by Crippen LogP contribution is 2.23. The normalized spacial score (nSPS) is 18.5. The maximum atomic E-state index is 8.91. The highest BCUT2D eigenvalue weighted by molar-refractivity contribution is 4.76. The molecule has 1 aliphatic rings. The maximum Gasteiger partial charge on any atom is 0.152 e. The number of hydrogen-bond donors (Lipinski definition) is 4. The summed E-state index contributed by atoms with van der Waals surface area (Å²) >= 11 is 0. The molecule has 1 rings (SSSR count). The second kappa shape index (κ2) is 8.00. The van der Waals surface area contributed by atoms with E-state index in [1.54, 1.807) is 0 Å². The minimum absolute atomic E-state index is 0.317. The number of hydrogen-bond acceptors (Lipinski definition) is 5. The van der Waals surface area contributed by atoms with Crippen molar-refractivity contribution in [3.05, 3.63) is 0 Å². The van der Waals surface area contributed by atoms with Crippen molar-refractivity contribution in [2.75, 3.05) is 13.1 Å². The van der Waals surface area contributed by atoms with Crippen molar-refractivity contribution in [2.24, 2.45) is 0 Å². The predicted octanol–water partition coefficient (Wildman–Crippen LogP) is 0.0227. The molecule has 5 heteroatoms. The van der Waals surface area contributed by atoms with E-state index in [0.717, 1.165) is 12.8 Å². The molecule has 0 heterocycles. The van der Waals surface area contributed by atoms with E-state index in [0.29, 0.717) is 32.0 Å². The Morgan fingerprint density at radius 1 is 0.824 bits per heavy atom. The second-order valence-corrected chi connectivity index (χ2v) is 4.87. The van der Waals surface area contributed by atoms with Crippen molar-refractivity contribution in [3.8, 4) is 0 Å². The van der Waals surface area contributed by atoms with E-state index in [1.165, 1.54) is 19.3 Å². The summed E-state index contributed by atoms with van der Waals surface area (Å²) in [5.41, 5.74) is 0. The van der Waals surface area contributed by atoms with Gasteiger partial charge in [0.15, 0.2) is 12.6 Å². The van der Waals surface area contributed by atoms with Crippen LogP contribution in [-0.2, 0) is 0 Å². The fraction of sp³-hybridized carbons (Fsp3) is 1.00. The molecule has 0 aromatic heterocycles. The molecule has 0 spiro atoms. The van der Waals surface area contributed by atoms with Crippen LogP contribution in [0, 0.1) is 0 Å². The molecule has 102 valence electrons. The molecule has 0 aromatic carbocycles. The summed E-state index contributed by atoms with van der Waals surface area (Å²) in [6.45, 7) is 1.21. The van der Waals surface area contributed by atoms with Crippen molar-refractivity contribution >= 4 is 0 Å². The summed E-state index contributed by atoms with van der Waals surface area (Å²) in [4.78, 5) is 2.16. The van der Waals surface area contributed by atoms with Gasteiger partial charge < -0.3 is 25.3 Å². The van der Waals surface area contributed by atoms with E-state index >= 15 is 0 Å². The first-order chi connectivity index (χ1) is 8.09. The summed E-state index contributed by atoms with van der Waals surface area (Å²) < 4.78 is 0. The highest BCUT2D eigenvalue weighted by atomic mass is 16.5. The Morgan fingerprint density at radius 3 is 1.71 bits per heavy atom. The van der Waals surface area contributed by atoms with E-state index in [2.05, 4.69) is 4.90 Å². The summed E-state index contributed by atoms with van der Waals surface area (Å²) in [6.07, 6.45) is 4.03. The Hall–Kier alpha value is -0.200. The SMILES string of the molecule is OC(O)CCN(CCC(O)O)C1CCCCC1. The zero-order valence-electron chi connectivity index (χ0n) is 10.3. The number of nitrogens with zero attached hydrogens (tertiary/aromatic N) is 1. The van der Waals surface area contributed by atoms with Crippen molar-refractivity contribution < 1.29 is 20.4 Å². The lowest BCUT2D eigenvalue weighted by Crippen LogP contribution is -2.40. The molecule has 1 saturated carbocycles. The molecule has 4 N–H and O–H groups in total. The molecule has 0 amide bonds. The van der Waals surface area contributed by atoms with Crippen molar-refractivity contribution in [2.45, 2.75) is 63.6 Å². The monoisotopic (exact) mass is 247 g/mol. The summed E-state index contributed by atoms with van der Waals surface area (Å²) in [6, 6.07) is 0.459. The van der Waals surface area contributed by atoms with Gasteiger partial charge in [0, 0.05) is 32.0 Å². The Morgan fingerprint density at radius 2 is 1.29 bits per heavy atom. The third kappa shape index (κ3) is 6.33. The highest BCUT2D eigenvalue weighted by Gasteiger charge is 2.21. The van der Waals surface area contributed by atoms with Crippen LogP contribution in [0.2, 0.25) is 0 Å². The van der Waals surface area contributed by atoms with Crippen LogP contribution in [0.5, 0.6) is 0 Å². The van der Waals surface area contributed by atoms with Crippen LogP contribution in [0.1, 0.15) is 44.9 Å². The van der Waals surface area contributed by atoms with E-state index in [9.17, 15) is 0 Å². The number of rotatable bonds is 7. The molecular weight excluding hydrogens is 222 g/mol. The molecule has 1 fully saturated rings. The van der Waals surface area contributed by atoms with Gasteiger partial charge in [-0.05, 0) is 12.8 Å². The molecule has 0 aromatic rings. The molecule has 1 aliphatic carbocycles. The largest absolute Gasteiger partial charge is 0.368 e. The lowest BCUT2D eigenvalue weighted by molar-refractivity contribution is -0.0641. The van der Waals surface area contributed by atoms with E-state index in [4.69, 9.17) is 20.4 Å². The first-order valence-electron chi connectivity index (χ1n) is 6.56. The Kier molecular flexibility index (Phi) is 6.99. The third-order valence-electron chi connectivity index (χ3n) is 3.44. The van der Waals surface area contributed by atoms with Gasteiger partial charge in [0.2, 0.25) is 0 Å². The van der Waals surface area contributed by atoms with Crippen LogP contribution in [0.4, 0.5) is 0 Å². The summed E-state index contributed by atoms with van der Waals surface area (Å²) in [5.74, 6) is 0. The zero-order valence-corrected chi connectivity index (χ0v) is 10.3. The van der Waals surface area contributed by atoms with Crippen LogP contribution in [0.25, 0.3) is 0 Å². The van der Waals surface area contributed by atoms with Gasteiger partial charge in [-0.2, -0.15) is 0 Å². The van der Waals surface area contributed by atoms with Crippen LogP contribution in [-0.4, -0.2) is 57.0 Å². The molecule has 0 radical (unpaired) electrons. The van der Waals surface area contributed by atoms with E-state index in [-0.39, 0.29) is 0 Å². The summed E-state index contributed by atoms with van der Waals surface area (Å²) in [5, 5.41) is 35.6. The summed E-state index contributed by atoms with van der Waals surface area (Å²) in [7, 11) is 0. The molecule has 0 bridgehead atoms. The molecule has 0 unspecified atom stereocenters. The van der Waals surface area contributed by atoms with Gasteiger partial charge in [-0.25, -0.2) is 0 Å². The minimum Gasteiger partial charge on any atom is -0.368 e. The Bertz CT molecular complexity index is 181. The lowest BCUT2D eigenvalue weighted by Gasteiger charge is -2.34. The molecule has 17 heavy (non-hydrogen) atoms. The zero-order chi connectivity index (χ0) is 12.7. The van der Waals surface area contributed by atoms with Crippen molar-refractivity contribution in [1.82, 2.24) is 4.90 Å². The molecule has 5 nitrogen and oxygen atoms in total. The topological polar surface area (TPSA) is 84.2 Å². The predicted molar refractivity (Wildman–Crippen MR) is 64.1 cm³/mol. The quantitative estimate of drug-likeness (QED) is 0.477. The lowest BCUT2D eigenvalue weighted by atomic mass is 9.94. The van der Waals surface area contributed by atoms with Crippen LogP contribution in [0.15, 0.2) is 0 Å². The number of aliphatic hydroxyl groups excluding tert-OH is 2. The van der Waals surface area contributed by atoms with Gasteiger partial charge in [0.25, 0.3) is 0 Å². The standard InChI is InChI=1S/C12H25NO4/c14-11(15)6-8-13(9-7-12(16)17)10-4-2-1-3-5-10/h10-12,14-17H,1-9H2. The molecule has 0 atom stereocenters. The average Bonchev–Trinajstić information content (AvgIpc) is 2.29. The van der Waals surface area contributed by atoms with Gasteiger partial charge in [-0.15, -0.1) is 0 Å². The molecular formula is C12H25NO4. The van der Waals surface area contributed by atoms with Gasteiger partial charge in [0.1, 0.15) is 0 Å². The van der Waals surface area contributed by atoms with Crippen molar-refractivity contribution in [1.29, 1.82) is 0 Å². The minimum atomic E-state index is -1.28. The fourth-order valence-electron chi connectivity index (χ4n) is 2.49. The molecule has 0 aliphatic heterocycles. The van der Waals surface area contributed by atoms with E-state index in [1.807, 2.05) is 0 Å². The van der Waals surface area contributed by atoms with Gasteiger partial charge in [-0.3, -0.25) is 0 Å².